The minimum absolute atomic E-state index is 1.25. The maximum atomic E-state index is 3.98. The average Bonchev–Trinajstić information content (AvgIpc) is 1.31. The van der Waals surface area contributed by atoms with Gasteiger partial charge >= 0.3 is 0 Å². The minimum Gasteiger partial charge on any atom is -0.224 e. The SMILES string of the molecule is IN=C1CCC1. The Morgan fingerprint density at radius 1 is 1.50 bits per heavy atom. The Morgan fingerprint density at radius 3 is 2.17 bits per heavy atom. The van der Waals surface area contributed by atoms with Crippen molar-refractivity contribution in [2.75, 3.05) is 0 Å². The first kappa shape index (κ1) is 4.56. The molecular formula is C4H6IN. The zero-order valence-corrected chi connectivity index (χ0v) is 5.60. The zero-order chi connectivity index (χ0) is 4.41. The lowest BCUT2D eigenvalue weighted by atomic mass is 9.98. The highest BCUT2D eigenvalue weighted by Crippen LogP contribution is 2.15. The van der Waals surface area contributed by atoms with Gasteiger partial charge in [0, 0.05) is 5.71 Å². The van der Waals surface area contributed by atoms with Gasteiger partial charge in [0.25, 0.3) is 0 Å². The van der Waals surface area contributed by atoms with Crippen molar-refractivity contribution < 1.29 is 0 Å². The van der Waals surface area contributed by atoms with Gasteiger partial charge in [0.15, 0.2) is 0 Å². The molecule has 1 nitrogen and oxygen atoms in total. The molecule has 1 rings (SSSR count). The Kier molecular flexibility index (Phi) is 1.45. The van der Waals surface area contributed by atoms with E-state index in [1.54, 1.807) is 0 Å². The number of halogens is 1. The van der Waals surface area contributed by atoms with Gasteiger partial charge in [-0.15, -0.1) is 0 Å². The highest BCUT2D eigenvalue weighted by molar-refractivity contribution is 14.1. The molecule has 0 aliphatic heterocycles. The molecule has 0 radical (unpaired) electrons. The molecule has 0 N–H and O–H groups in total. The van der Waals surface area contributed by atoms with Crippen LogP contribution in [0.3, 0.4) is 0 Å². The van der Waals surface area contributed by atoms with Crippen LogP contribution in [0, 0.1) is 0 Å². The van der Waals surface area contributed by atoms with E-state index >= 15 is 0 Å². The normalized spacial score (nSPS) is 19.8. The van der Waals surface area contributed by atoms with Gasteiger partial charge in [0.05, 0.1) is 22.9 Å². The molecule has 6 heavy (non-hydrogen) atoms. The molecule has 0 bridgehead atoms. The average molecular weight is 195 g/mol. The fourth-order valence-electron chi connectivity index (χ4n) is 0.419. The Morgan fingerprint density at radius 2 is 2.17 bits per heavy atom. The molecule has 0 atom stereocenters. The van der Waals surface area contributed by atoms with E-state index in [1.165, 1.54) is 25.0 Å². The van der Waals surface area contributed by atoms with Gasteiger partial charge in [0.2, 0.25) is 0 Å². The van der Waals surface area contributed by atoms with Gasteiger partial charge < -0.3 is 0 Å². The van der Waals surface area contributed by atoms with Crippen molar-refractivity contribution in [3.05, 3.63) is 0 Å². The summed E-state index contributed by atoms with van der Waals surface area (Å²) in [5.41, 5.74) is 1.38. The first-order valence-electron chi connectivity index (χ1n) is 2.10. The van der Waals surface area contributed by atoms with Crippen LogP contribution in [0.25, 0.3) is 0 Å². The molecule has 0 unspecified atom stereocenters. The molecule has 34 valence electrons. The Hall–Kier alpha value is 0.400. The lowest BCUT2D eigenvalue weighted by Gasteiger charge is -2.11. The molecule has 0 saturated heterocycles. The predicted molar refractivity (Wildman–Crippen MR) is 35.3 cm³/mol. The molecule has 0 heterocycles. The van der Waals surface area contributed by atoms with E-state index < -0.39 is 0 Å². The molecule has 1 aliphatic rings. The molecule has 1 aliphatic carbocycles. The lowest BCUT2D eigenvalue weighted by molar-refractivity contribution is 0.808. The highest BCUT2D eigenvalue weighted by atomic mass is 127. The molecule has 0 aromatic heterocycles. The third-order valence-electron chi connectivity index (χ3n) is 1.05. The maximum Gasteiger partial charge on any atom is 0.0830 e. The maximum absolute atomic E-state index is 3.98. The van der Waals surface area contributed by atoms with Crippen molar-refractivity contribution >= 4 is 28.6 Å². The highest BCUT2D eigenvalue weighted by Gasteiger charge is 2.07. The summed E-state index contributed by atoms with van der Waals surface area (Å²) in [6.07, 6.45) is 3.87. The standard InChI is InChI=1S/C4H6IN/c5-6-4-2-1-3-4/h1-3H2. The van der Waals surface area contributed by atoms with Crippen LogP contribution in [0.5, 0.6) is 0 Å². The number of nitrogens with zero attached hydrogens (tertiary/aromatic N) is 1. The topological polar surface area (TPSA) is 12.4 Å². The molecule has 0 spiro atoms. The predicted octanol–water partition coefficient (Wildman–Crippen LogP) is 1.96. The van der Waals surface area contributed by atoms with Crippen molar-refractivity contribution in [1.82, 2.24) is 0 Å². The molecule has 1 saturated carbocycles. The van der Waals surface area contributed by atoms with Crippen LogP contribution in [-0.4, -0.2) is 5.71 Å². The minimum atomic E-state index is 1.25. The largest absolute Gasteiger partial charge is 0.224 e. The van der Waals surface area contributed by atoms with E-state index in [9.17, 15) is 0 Å². The van der Waals surface area contributed by atoms with E-state index in [-0.39, 0.29) is 0 Å². The summed E-state index contributed by atoms with van der Waals surface area (Å²) >= 11 is 2.05. The van der Waals surface area contributed by atoms with Gasteiger partial charge in [0.1, 0.15) is 0 Å². The van der Waals surface area contributed by atoms with E-state index in [4.69, 9.17) is 0 Å². The molecular weight excluding hydrogens is 189 g/mol. The Bertz CT molecular complexity index is 71.6. The van der Waals surface area contributed by atoms with Gasteiger partial charge in [-0.2, -0.15) is 0 Å². The second-order valence-corrected chi connectivity index (χ2v) is 1.99. The molecule has 1 fully saturated rings. The Labute approximate surface area is 51.3 Å². The van der Waals surface area contributed by atoms with Gasteiger partial charge in [-0.1, -0.05) is 0 Å². The summed E-state index contributed by atoms with van der Waals surface area (Å²) in [4.78, 5) is 0. The number of hydrogen-bond donors (Lipinski definition) is 0. The van der Waals surface area contributed by atoms with Crippen molar-refractivity contribution in [3.8, 4) is 0 Å². The molecule has 0 aromatic rings. The summed E-state index contributed by atoms with van der Waals surface area (Å²) in [6, 6.07) is 0. The zero-order valence-electron chi connectivity index (χ0n) is 3.45. The van der Waals surface area contributed by atoms with Gasteiger partial charge in [-0.05, 0) is 19.3 Å². The molecule has 0 aromatic carbocycles. The first-order chi connectivity index (χ1) is 2.93. The van der Waals surface area contributed by atoms with Crippen molar-refractivity contribution in [2.45, 2.75) is 19.3 Å². The quantitative estimate of drug-likeness (QED) is 0.524. The fourth-order valence-corrected chi connectivity index (χ4v) is 0.902. The molecule has 2 heteroatoms. The second kappa shape index (κ2) is 1.91. The van der Waals surface area contributed by atoms with Crippen LogP contribution in [0.1, 0.15) is 19.3 Å². The van der Waals surface area contributed by atoms with Crippen molar-refractivity contribution in [2.24, 2.45) is 3.21 Å². The smallest absolute Gasteiger partial charge is 0.0830 e. The van der Waals surface area contributed by atoms with Crippen molar-refractivity contribution in [1.29, 1.82) is 0 Å². The van der Waals surface area contributed by atoms with E-state index in [0.717, 1.165) is 0 Å². The third-order valence-corrected chi connectivity index (χ3v) is 1.73. The van der Waals surface area contributed by atoms with Crippen LogP contribution < -0.4 is 0 Å². The number of rotatable bonds is 0. The summed E-state index contributed by atoms with van der Waals surface area (Å²) in [7, 11) is 0. The van der Waals surface area contributed by atoms with Crippen LogP contribution in [-0.2, 0) is 0 Å². The van der Waals surface area contributed by atoms with Crippen LogP contribution in [0.15, 0.2) is 3.21 Å². The summed E-state index contributed by atoms with van der Waals surface area (Å²) in [6.45, 7) is 0. The van der Waals surface area contributed by atoms with Gasteiger partial charge in [-0.3, -0.25) is 0 Å². The first-order valence-corrected chi connectivity index (χ1v) is 3.06. The fraction of sp³-hybridized carbons (Fsp3) is 0.750. The van der Waals surface area contributed by atoms with Crippen LogP contribution in [0.2, 0.25) is 0 Å². The van der Waals surface area contributed by atoms with Crippen LogP contribution >= 0.6 is 22.9 Å². The van der Waals surface area contributed by atoms with E-state index in [1.807, 2.05) is 0 Å². The Balaban J connectivity index is 2.34. The second-order valence-electron chi connectivity index (χ2n) is 1.50. The number of hydrogen-bond acceptors (Lipinski definition) is 1. The summed E-state index contributed by atoms with van der Waals surface area (Å²) in [5, 5.41) is 0. The monoisotopic (exact) mass is 195 g/mol. The summed E-state index contributed by atoms with van der Waals surface area (Å²) in [5.74, 6) is 0. The van der Waals surface area contributed by atoms with Crippen molar-refractivity contribution in [3.63, 3.8) is 0 Å². The van der Waals surface area contributed by atoms with E-state index in [2.05, 4.69) is 26.1 Å². The molecule has 0 amide bonds. The third kappa shape index (κ3) is 0.721. The van der Waals surface area contributed by atoms with Crippen LogP contribution in [0.4, 0.5) is 0 Å². The lowest BCUT2D eigenvalue weighted by Crippen LogP contribution is -2.07. The van der Waals surface area contributed by atoms with Gasteiger partial charge in [-0.25, -0.2) is 3.21 Å². The van der Waals surface area contributed by atoms with E-state index in [0.29, 0.717) is 0 Å². The summed E-state index contributed by atoms with van der Waals surface area (Å²) < 4.78 is 3.98.